The van der Waals surface area contributed by atoms with E-state index < -0.39 is 11.7 Å². The molecule has 1 aromatic carbocycles. The van der Waals surface area contributed by atoms with Crippen LogP contribution in [-0.2, 0) is 9.53 Å². The van der Waals surface area contributed by atoms with Crippen LogP contribution >= 0.6 is 34.5 Å². The molecule has 5 nitrogen and oxygen atoms in total. The van der Waals surface area contributed by atoms with E-state index in [1.807, 2.05) is 17.5 Å². The summed E-state index contributed by atoms with van der Waals surface area (Å²) in [6.07, 6.45) is 2.67. The van der Waals surface area contributed by atoms with Crippen molar-refractivity contribution in [2.45, 2.75) is 32.4 Å². The zero-order chi connectivity index (χ0) is 19.8. The molecule has 8 heteroatoms. The van der Waals surface area contributed by atoms with E-state index >= 15 is 0 Å². The average molecular weight is 427 g/mol. The van der Waals surface area contributed by atoms with Crippen molar-refractivity contribution < 1.29 is 14.3 Å². The summed E-state index contributed by atoms with van der Waals surface area (Å²) in [7, 11) is 0. The van der Waals surface area contributed by atoms with Gasteiger partial charge in [-0.15, -0.1) is 11.3 Å². The highest BCUT2D eigenvalue weighted by Gasteiger charge is 2.31. The number of rotatable bonds is 3. The number of hydrogen-bond donors (Lipinski definition) is 1. The first kappa shape index (κ1) is 20.0. The van der Waals surface area contributed by atoms with Gasteiger partial charge in [0.25, 0.3) is 0 Å². The lowest BCUT2D eigenvalue weighted by Crippen LogP contribution is -2.61. The minimum atomic E-state index is -0.545. The number of hydrogen-bond acceptors (Lipinski definition) is 4. The van der Waals surface area contributed by atoms with Crippen LogP contribution < -0.4 is 5.32 Å². The van der Waals surface area contributed by atoms with E-state index in [1.54, 1.807) is 31.7 Å². The molecule has 2 aromatic rings. The molecule has 1 aliphatic rings. The molecule has 27 heavy (non-hydrogen) atoms. The molecule has 0 unspecified atom stereocenters. The number of halogens is 2. The van der Waals surface area contributed by atoms with Gasteiger partial charge in [0, 0.05) is 19.2 Å². The first-order valence-corrected chi connectivity index (χ1v) is 10.1. The highest BCUT2D eigenvalue weighted by molar-refractivity contribution is 7.18. The van der Waals surface area contributed by atoms with Gasteiger partial charge in [0.2, 0.25) is 5.91 Å². The molecular weight excluding hydrogens is 407 g/mol. The van der Waals surface area contributed by atoms with Crippen molar-refractivity contribution in [3.05, 3.63) is 39.2 Å². The molecule has 1 fully saturated rings. The number of likely N-dealkylation sites (tertiary alicyclic amines) is 1. The van der Waals surface area contributed by atoms with Crippen molar-refractivity contribution in [2.75, 3.05) is 13.1 Å². The van der Waals surface area contributed by atoms with Crippen molar-refractivity contribution >= 4 is 62.7 Å². The van der Waals surface area contributed by atoms with E-state index in [1.165, 1.54) is 17.4 Å². The number of nitrogens with zero attached hydrogens (tertiary/aromatic N) is 1. The second kappa shape index (κ2) is 7.70. The zero-order valence-corrected chi connectivity index (χ0v) is 17.5. The van der Waals surface area contributed by atoms with Crippen molar-refractivity contribution in [1.29, 1.82) is 0 Å². The molecule has 0 aliphatic carbocycles. The minimum Gasteiger partial charge on any atom is -0.444 e. The Bertz CT molecular complexity index is 912. The Morgan fingerprint density at radius 2 is 2.00 bits per heavy atom. The lowest BCUT2D eigenvalue weighted by Gasteiger charge is -2.39. The summed E-state index contributed by atoms with van der Waals surface area (Å²) >= 11 is 14.1. The van der Waals surface area contributed by atoms with Crippen LogP contribution in [0.25, 0.3) is 16.2 Å². The summed E-state index contributed by atoms with van der Waals surface area (Å²) in [5.74, 6) is -0.144. The Balaban J connectivity index is 1.56. The summed E-state index contributed by atoms with van der Waals surface area (Å²) in [6, 6.07) is 3.77. The number of amides is 2. The van der Waals surface area contributed by atoms with Crippen LogP contribution in [-0.4, -0.2) is 41.6 Å². The number of carbonyl (C=O) groups is 2. The van der Waals surface area contributed by atoms with E-state index in [9.17, 15) is 9.59 Å². The van der Waals surface area contributed by atoms with E-state index in [-0.39, 0.29) is 11.9 Å². The molecule has 1 saturated heterocycles. The molecule has 1 N–H and O–H groups in total. The highest BCUT2D eigenvalue weighted by Crippen LogP contribution is 2.37. The van der Waals surface area contributed by atoms with Crippen molar-refractivity contribution in [1.82, 2.24) is 10.2 Å². The predicted molar refractivity (Wildman–Crippen MR) is 111 cm³/mol. The lowest BCUT2D eigenvalue weighted by molar-refractivity contribution is -0.130. The molecule has 0 saturated carbocycles. The number of benzene rings is 1. The maximum Gasteiger partial charge on any atom is 0.407 e. The molecule has 2 amide bonds. The molecule has 1 aliphatic heterocycles. The third-order valence-corrected chi connectivity index (χ3v) is 5.91. The van der Waals surface area contributed by atoms with Crippen molar-refractivity contribution in [3.63, 3.8) is 0 Å². The quantitative estimate of drug-likeness (QED) is 0.705. The number of alkyl carbamates (subject to hydrolysis) is 1. The predicted octanol–water partition coefficient (Wildman–Crippen LogP) is 4.96. The Morgan fingerprint density at radius 1 is 1.30 bits per heavy atom. The smallest absolute Gasteiger partial charge is 0.407 e. The fourth-order valence-corrected chi connectivity index (χ4v) is 4.12. The summed E-state index contributed by atoms with van der Waals surface area (Å²) in [6.45, 7) is 6.30. The van der Waals surface area contributed by atoms with Gasteiger partial charge in [-0.05, 0) is 55.3 Å². The third-order valence-electron chi connectivity index (χ3n) is 3.97. The van der Waals surface area contributed by atoms with E-state index in [0.29, 0.717) is 28.7 Å². The Labute approximate surface area is 171 Å². The molecule has 0 radical (unpaired) electrons. The van der Waals surface area contributed by atoms with Gasteiger partial charge in [0.05, 0.1) is 20.8 Å². The molecule has 0 spiro atoms. The first-order chi connectivity index (χ1) is 12.6. The average Bonchev–Trinajstić information content (AvgIpc) is 2.99. The monoisotopic (exact) mass is 426 g/mol. The number of carbonyl (C=O) groups excluding carboxylic acids is 2. The normalized spacial score (nSPS) is 15.2. The highest BCUT2D eigenvalue weighted by atomic mass is 35.5. The van der Waals surface area contributed by atoms with Gasteiger partial charge in [0.1, 0.15) is 5.60 Å². The fraction of sp³-hybridized carbons (Fsp3) is 0.368. The van der Waals surface area contributed by atoms with Gasteiger partial charge in [-0.3, -0.25) is 4.79 Å². The summed E-state index contributed by atoms with van der Waals surface area (Å²) in [5.41, 5.74) is 0.153. The van der Waals surface area contributed by atoms with Crippen LogP contribution in [0.2, 0.25) is 10.0 Å². The van der Waals surface area contributed by atoms with Gasteiger partial charge in [0.15, 0.2) is 0 Å². The molecule has 2 heterocycles. The molecule has 1 aromatic heterocycles. The van der Waals surface area contributed by atoms with Gasteiger partial charge in [-0.1, -0.05) is 23.2 Å². The Kier molecular flexibility index (Phi) is 5.70. The van der Waals surface area contributed by atoms with Crippen LogP contribution in [0.3, 0.4) is 0 Å². The summed E-state index contributed by atoms with van der Waals surface area (Å²) < 4.78 is 6.14. The molecule has 0 bridgehead atoms. The van der Waals surface area contributed by atoms with E-state index in [0.717, 1.165) is 10.1 Å². The SMILES string of the molecule is CC(C)(C)OC(=O)NC1CN(C(=O)/C=C/c2cc3ccsc3c(Cl)c2Cl)C1. The topological polar surface area (TPSA) is 58.6 Å². The minimum absolute atomic E-state index is 0.0996. The van der Waals surface area contributed by atoms with Crippen LogP contribution in [0, 0.1) is 0 Å². The van der Waals surface area contributed by atoms with Gasteiger partial charge in [-0.2, -0.15) is 0 Å². The zero-order valence-electron chi connectivity index (χ0n) is 15.2. The second-order valence-electron chi connectivity index (χ2n) is 7.35. The molecule has 3 rings (SSSR count). The second-order valence-corrected chi connectivity index (χ2v) is 9.02. The van der Waals surface area contributed by atoms with Gasteiger partial charge >= 0.3 is 6.09 Å². The van der Waals surface area contributed by atoms with Crippen LogP contribution in [0.1, 0.15) is 26.3 Å². The van der Waals surface area contributed by atoms with Gasteiger partial charge < -0.3 is 15.0 Å². The maximum atomic E-state index is 12.3. The van der Waals surface area contributed by atoms with Crippen LogP contribution in [0.4, 0.5) is 4.79 Å². The molecule has 0 atom stereocenters. The molecular formula is C19H20Cl2N2O3S. The number of nitrogens with one attached hydrogen (secondary N) is 1. The van der Waals surface area contributed by atoms with Crippen molar-refractivity contribution in [2.24, 2.45) is 0 Å². The fourth-order valence-electron chi connectivity index (χ4n) is 2.68. The number of ether oxygens (including phenoxy) is 1. The van der Waals surface area contributed by atoms with Gasteiger partial charge in [-0.25, -0.2) is 4.79 Å². The summed E-state index contributed by atoms with van der Waals surface area (Å²) in [5, 5.41) is 6.62. The van der Waals surface area contributed by atoms with Crippen LogP contribution in [0.5, 0.6) is 0 Å². The first-order valence-electron chi connectivity index (χ1n) is 8.46. The molecule has 144 valence electrons. The van der Waals surface area contributed by atoms with Crippen molar-refractivity contribution in [3.8, 4) is 0 Å². The van der Waals surface area contributed by atoms with Crippen LogP contribution in [0.15, 0.2) is 23.6 Å². The Morgan fingerprint density at radius 3 is 2.67 bits per heavy atom. The van der Waals surface area contributed by atoms with E-state index in [4.69, 9.17) is 27.9 Å². The largest absolute Gasteiger partial charge is 0.444 e. The lowest BCUT2D eigenvalue weighted by atomic mass is 10.1. The Hall–Kier alpha value is -1.76. The maximum absolute atomic E-state index is 12.3. The standard InChI is InChI=1S/C19H20Cl2N2O3S/c1-19(2,3)26-18(25)22-13-9-23(10-13)14(24)5-4-11-8-12-6-7-27-17(12)16(21)15(11)20/h4-8,13H,9-10H2,1-3H3,(H,22,25)/b5-4+. The third kappa shape index (κ3) is 4.75. The summed E-state index contributed by atoms with van der Waals surface area (Å²) in [4.78, 5) is 25.7. The number of fused-ring (bicyclic) bond motifs is 1. The van der Waals surface area contributed by atoms with E-state index in [2.05, 4.69) is 5.32 Å². The number of thiophene rings is 1.